The topological polar surface area (TPSA) is 64.0 Å². The molecule has 138 valence electrons. The molecule has 0 bridgehead atoms. The second-order valence-corrected chi connectivity index (χ2v) is 9.49. The van der Waals surface area contributed by atoms with Crippen LogP contribution in [0.15, 0.2) is 16.0 Å². The SMILES string of the molecule is CC1CCCCC1NC(=O)C1CSc2nc(C(C)(C)C)cc(=O)n2C1. The van der Waals surface area contributed by atoms with Crippen LogP contribution in [0.25, 0.3) is 0 Å². The summed E-state index contributed by atoms with van der Waals surface area (Å²) in [5, 5.41) is 3.98. The fourth-order valence-electron chi connectivity index (χ4n) is 3.59. The Kier molecular flexibility index (Phi) is 5.28. The van der Waals surface area contributed by atoms with Gasteiger partial charge in [-0.1, -0.05) is 52.3 Å². The summed E-state index contributed by atoms with van der Waals surface area (Å²) >= 11 is 1.52. The van der Waals surface area contributed by atoms with Crippen LogP contribution >= 0.6 is 11.8 Å². The fourth-order valence-corrected chi connectivity index (χ4v) is 4.68. The third-order valence-corrected chi connectivity index (χ3v) is 6.51. The van der Waals surface area contributed by atoms with Crippen molar-refractivity contribution in [2.45, 2.75) is 76.5 Å². The van der Waals surface area contributed by atoms with Crippen molar-refractivity contribution in [3.05, 3.63) is 22.1 Å². The van der Waals surface area contributed by atoms with E-state index < -0.39 is 0 Å². The summed E-state index contributed by atoms with van der Waals surface area (Å²) < 4.78 is 1.66. The van der Waals surface area contributed by atoms with Crippen LogP contribution in [0.2, 0.25) is 0 Å². The first-order valence-electron chi connectivity index (χ1n) is 9.31. The normalized spacial score (nSPS) is 26.8. The van der Waals surface area contributed by atoms with Crippen molar-refractivity contribution in [3.63, 3.8) is 0 Å². The molecule has 1 aliphatic carbocycles. The maximum absolute atomic E-state index is 12.7. The number of nitrogens with one attached hydrogen (secondary N) is 1. The molecule has 3 unspecified atom stereocenters. The summed E-state index contributed by atoms with van der Waals surface area (Å²) in [6.07, 6.45) is 4.71. The van der Waals surface area contributed by atoms with Gasteiger partial charge in [0.2, 0.25) is 5.91 Å². The maximum Gasteiger partial charge on any atom is 0.254 e. The third-order valence-electron chi connectivity index (χ3n) is 5.37. The molecule has 1 aliphatic heterocycles. The molecule has 1 aromatic rings. The first-order chi connectivity index (χ1) is 11.8. The molecule has 0 spiro atoms. The summed E-state index contributed by atoms with van der Waals surface area (Å²) in [6.45, 7) is 8.83. The van der Waals surface area contributed by atoms with E-state index in [1.54, 1.807) is 10.6 Å². The maximum atomic E-state index is 12.7. The van der Waals surface area contributed by atoms with Gasteiger partial charge in [-0.05, 0) is 18.8 Å². The van der Waals surface area contributed by atoms with Crippen molar-refractivity contribution in [1.29, 1.82) is 0 Å². The average molecular weight is 364 g/mol. The second kappa shape index (κ2) is 7.14. The largest absolute Gasteiger partial charge is 0.353 e. The lowest BCUT2D eigenvalue weighted by atomic mass is 9.85. The van der Waals surface area contributed by atoms with E-state index >= 15 is 0 Å². The molecule has 1 N–H and O–H groups in total. The lowest BCUT2D eigenvalue weighted by molar-refractivity contribution is -0.126. The lowest BCUT2D eigenvalue weighted by Gasteiger charge is -2.32. The van der Waals surface area contributed by atoms with Gasteiger partial charge in [0.05, 0.1) is 11.6 Å². The summed E-state index contributed by atoms with van der Waals surface area (Å²) in [7, 11) is 0. The van der Waals surface area contributed by atoms with Crippen LogP contribution in [0.3, 0.4) is 0 Å². The minimum absolute atomic E-state index is 0.0500. The highest BCUT2D eigenvalue weighted by molar-refractivity contribution is 7.99. The van der Waals surface area contributed by atoms with Gasteiger partial charge in [-0.15, -0.1) is 0 Å². The molecule has 3 rings (SSSR count). The number of thioether (sulfide) groups is 1. The highest BCUT2D eigenvalue weighted by Gasteiger charge is 2.31. The van der Waals surface area contributed by atoms with Crippen LogP contribution in [-0.2, 0) is 16.8 Å². The Balaban J connectivity index is 1.72. The summed E-state index contributed by atoms with van der Waals surface area (Å²) in [5.41, 5.74) is 0.613. The average Bonchev–Trinajstić information content (AvgIpc) is 2.55. The van der Waals surface area contributed by atoms with Gasteiger partial charge >= 0.3 is 0 Å². The van der Waals surface area contributed by atoms with Crippen molar-refractivity contribution >= 4 is 17.7 Å². The number of carbonyl (C=O) groups is 1. The first kappa shape index (κ1) is 18.5. The molecule has 2 aliphatic rings. The molecular weight excluding hydrogens is 334 g/mol. The number of hydrogen-bond donors (Lipinski definition) is 1. The van der Waals surface area contributed by atoms with Gasteiger partial charge in [-0.3, -0.25) is 14.2 Å². The van der Waals surface area contributed by atoms with Crippen LogP contribution in [0.4, 0.5) is 0 Å². The van der Waals surface area contributed by atoms with Crippen molar-refractivity contribution in [3.8, 4) is 0 Å². The molecule has 1 aromatic heterocycles. The van der Waals surface area contributed by atoms with Crippen LogP contribution in [-0.4, -0.2) is 27.3 Å². The predicted molar refractivity (Wildman–Crippen MR) is 101 cm³/mol. The van der Waals surface area contributed by atoms with Gasteiger partial charge in [0.15, 0.2) is 5.16 Å². The molecule has 0 radical (unpaired) electrons. The quantitative estimate of drug-likeness (QED) is 0.821. The molecule has 2 heterocycles. The number of fused-ring (bicyclic) bond motifs is 1. The number of aromatic nitrogens is 2. The third kappa shape index (κ3) is 4.10. The lowest BCUT2D eigenvalue weighted by Crippen LogP contribution is -2.47. The molecule has 0 saturated heterocycles. The van der Waals surface area contributed by atoms with E-state index in [0.717, 1.165) is 17.3 Å². The molecular formula is C19H29N3O2S. The summed E-state index contributed by atoms with van der Waals surface area (Å²) in [5.74, 6) is 1.16. The van der Waals surface area contributed by atoms with Crippen molar-refractivity contribution in [2.75, 3.05) is 5.75 Å². The van der Waals surface area contributed by atoms with E-state index in [4.69, 9.17) is 0 Å². The zero-order valence-corrected chi connectivity index (χ0v) is 16.5. The molecule has 25 heavy (non-hydrogen) atoms. The van der Waals surface area contributed by atoms with Gasteiger partial charge in [0, 0.05) is 29.8 Å². The molecule has 1 fully saturated rings. The van der Waals surface area contributed by atoms with Crippen LogP contribution in [0.1, 0.15) is 59.1 Å². The summed E-state index contributed by atoms with van der Waals surface area (Å²) in [6, 6.07) is 1.90. The fraction of sp³-hybridized carbons (Fsp3) is 0.737. The smallest absolute Gasteiger partial charge is 0.254 e. The molecule has 0 aromatic carbocycles. The number of hydrogen-bond acceptors (Lipinski definition) is 4. The highest BCUT2D eigenvalue weighted by Crippen LogP contribution is 2.29. The van der Waals surface area contributed by atoms with E-state index in [1.165, 1.54) is 31.0 Å². The summed E-state index contributed by atoms with van der Waals surface area (Å²) in [4.78, 5) is 29.9. The zero-order chi connectivity index (χ0) is 18.2. The van der Waals surface area contributed by atoms with Crippen molar-refractivity contribution < 1.29 is 4.79 Å². The molecule has 6 heteroatoms. The number of nitrogens with zero attached hydrogens (tertiary/aromatic N) is 2. The van der Waals surface area contributed by atoms with Crippen molar-refractivity contribution in [1.82, 2.24) is 14.9 Å². The van der Waals surface area contributed by atoms with Crippen molar-refractivity contribution in [2.24, 2.45) is 11.8 Å². The molecule has 1 saturated carbocycles. The number of carbonyl (C=O) groups excluding carboxylic acids is 1. The van der Waals surface area contributed by atoms with E-state index in [2.05, 4.69) is 38.0 Å². The Hall–Kier alpha value is -1.30. The van der Waals surface area contributed by atoms with E-state index in [0.29, 0.717) is 18.2 Å². The van der Waals surface area contributed by atoms with Gasteiger partial charge in [0.25, 0.3) is 5.56 Å². The Morgan fingerprint density at radius 3 is 2.72 bits per heavy atom. The minimum Gasteiger partial charge on any atom is -0.353 e. The van der Waals surface area contributed by atoms with E-state index in [-0.39, 0.29) is 28.8 Å². The standard InChI is InChI=1S/C19H29N3O2S/c1-12-7-5-6-8-14(12)20-17(24)13-10-22-16(23)9-15(19(2,3)4)21-18(22)25-11-13/h9,12-14H,5-8,10-11H2,1-4H3,(H,20,24). The Morgan fingerprint density at radius 1 is 1.32 bits per heavy atom. The van der Waals surface area contributed by atoms with E-state index in [9.17, 15) is 9.59 Å². The highest BCUT2D eigenvalue weighted by atomic mass is 32.2. The van der Waals surface area contributed by atoms with Gasteiger partial charge in [0.1, 0.15) is 0 Å². The number of rotatable bonds is 2. The zero-order valence-electron chi connectivity index (χ0n) is 15.7. The van der Waals surface area contributed by atoms with Crippen LogP contribution in [0.5, 0.6) is 0 Å². The van der Waals surface area contributed by atoms with Crippen LogP contribution < -0.4 is 10.9 Å². The molecule has 1 amide bonds. The minimum atomic E-state index is -0.161. The monoisotopic (exact) mass is 363 g/mol. The van der Waals surface area contributed by atoms with Gasteiger partial charge in [-0.25, -0.2) is 4.98 Å². The predicted octanol–water partition coefficient (Wildman–Crippen LogP) is 2.96. The second-order valence-electron chi connectivity index (χ2n) is 8.51. The van der Waals surface area contributed by atoms with E-state index in [1.807, 2.05) is 0 Å². The Bertz CT molecular complexity index is 708. The Labute approximate surface area is 154 Å². The molecule has 5 nitrogen and oxygen atoms in total. The Morgan fingerprint density at radius 2 is 2.04 bits per heavy atom. The first-order valence-corrected chi connectivity index (χ1v) is 10.3. The van der Waals surface area contributed by atoms with Gasteiger partial charge < -0.3 is 5.32 Å². The van der Waals surface area contributed by atoms with Gasteiger partial charge in [-0.2, -0.15) is 0 Å². The molecule has 3 atom stereocenters. The number of amides is 1. The van der Waals surface area contributed by atoms with Crippen LogP contribution in [0, 0.1) is 11.8 Å².